The Kier molecular flexibility index (Phi) is 6.21. The molecule has 0 aliphatic heterocycles. The molecule has 1 rings (SSSR count). The first-order valence-electron chi connectivity index (χ1n) is 7.46. The highest BCUT2D eigenvalue weighted by Crippen LogP contribution is 2.26. The largest absolute Gasteiger partial charge is 0.481 e. The van der Waals surface area contributed by atoms with Gasteiger partial charge in [-0.15, -0.1) is 0 Å². The highest BCUT2D eigenvalue weighted by molar-refractivity contribution is 5.81. The van der Waals surface area contributed by atoms with Crippen molar-refractivity contribution in [2.45, 2.75) is 58.6 Å². The Morgan fingerprint density at radius 1 is 1.38 bits per heavy atom. The van der Waals surface area contributed by atoms with Crippen LogP contribution in [0.15, 0.2) is 24.3 Å². The lowest BCUT2D eigenvalue weighted by Gasteiger charge is -2.22. The standard InChI is InChI=1S/C17H27NO3/c1-6-14(11-19)18-16(20)12(2)21-15-9-7-8-13(10-15)17(3,4)5/h7-10,12,14,19H,6,11H2,1-5H3,(H,18,20). The Morgan fingerprint density at radius 3 is 2.57 bits per heavy atom. The predicted molar refractivity (Wildman–Crippen MR) is 84.5 cm³/mol. The van der Waals surface area contributed by atoms with Crippen molar-refractivity contribution in [2.75, 3.05) is 6.61 Å². The second-order valence-corrected chi connectivity index (χ2v) is 6.33. The third-order valence-corrected chi connectivity index (χ3v) is 3.44. The molecule has 0 fully saturated rings. The second kappa shape index (κ2) is 7.46. The first-order valence-corrected chi connectivity index (χ1v) is 7.46. The minimum absolute atomic E-state index is 0.0368. The van der Waals surface area contributed by atoms with Gasteiger partial charge in [-0.3, -0.25) is 4.79 Å². The van der Waals surface area contributed by atoms with Crippen molar-refractivity contribution in [3.8, 4) is 5.75 Å². The fraction of sp³-hybridized carbons (Fsp3) is 0.588. The number of nitrogens with one attached hydrogen (secondary N) is 1. The molecule has 0 spiro atoms. The Bertz CT molecular complexity index is 461. The van der Waals surface area contributed by atoms with Gasteiger partial charge in [0.15, 0.2) is 6.10 Å². The Labute approximate surface area is 127 Å². The van der Waals surface area contributed by atoms with Crippen LogP contribution in [0.3, 0.4) is 0 Å². The number of rotatable bonds is 6. The van der Waals surface area contributed by atoms with Crippen molar-refractivity contribution in [3.05, 3.63) is 29.8 Å². The first-order chi connectivity index (χ1) is 9.77. The SMILES string of the molecule is CCC(CO)NC(=O)C(C)Oc1cccc(C(C)(C)C)c1. The van der Waals surface area contributed by atoms with Crippen LogP contribution in [-0.2, 0) is 10.2 Å². The van der Waals surface area contributed by atoms with E-state index in [1.54, 1.807) is 6.92 Å². The van der Waals surface area contributed by atoms with Gasteiger partial charge in [0.25, 0.3) is 5.91 Å². The van der Waals surface area contributed by atoms with Gasteiger partial charge >= 0.3 is 0 Å². The minimum Gasteiger partial charge on any atom is -0.481 e. The molecular formula is C17H27NO3. The van der Waals surface area contributed by atoms with Crippen LogP contribution in [0, 0.1) is 0 Å². The van der Waals surface area contributed by atoms with Gasteiger partial charge in [-0.1, -0.05) is 39.8 Å². The van der Waals surface area contributed by atoms with Gasteiger partial charge in [0.2, 0.25) is 0 Å². The molecule has 0 heterocycles. The van der Waals surface area contributed by atoms with Crippen LogP contribution in [0.4, 0.5) is 0 Å². The van der Waals surface area contributed by atoms with Gasteiger partial charge < -0.3 is 15.2 Å². The summed E-state index contributed by atoms with van der Waals surface area (Å²) in [7, 11) is 0. The average Bonchev–Trinajstić information content (AvgIpc) is 2.43. The third-order valence-electron chi connectivity index (χ3n) is 3.44. The number of benzene rings is 1. The van der Waals surface area contributed by atoms with Crippen LogP contribution in [0.25, 0.3) is 0 Å². The monoisotopic (exact) mass is 293 g/mol. The molecule has 118 valence electrons. The molecule has 0 aliphatic rings. The lowest BCUT2D eigenvalue weighted by atomic mass is 9.87. The molecule has 4 heteroatoms. The van der Waals surface area contributed by atoms with Gasteiger partial charge in [0.1, 0.15) is 5.75 Å². The van der Waals surface area contributed by atoms with E-state index < -0.39 is 6.10 Å². The van der Waals surface area contributed by atoms with E-state index in [-0.39, 0.29) is 24.0 Å². The van der Waals surface area contributed by atoms with Crippen molar-refractivity contribution in [1.82, 2.24) is 5.32 Å². The van der Waals surface area contributed by atoms with Crippen LogP contribution in [0.5, 0.6) is 5.75 Å². The summed E-state index contributed by atoms with van der Waals surface area (Å²) >= 11 is 0. The van der Waals surface area contributed by atoms with Gasteiger partial charge in [-0.25, -0.2) is 0 Å². The fourth-order valence-corrected chi connectivity index (χ4v) is 1.89. The fourth-order valence-electron chi connectivity index (χ4n) is 1.89. The van der Waals surface area contributed by atoms with Crippen molar-refractivity contribution in [1.29, 1.82) is 0 Å². The van der Waals surface area contributed by atoms with Gasteiger partial charge in [-0.2, -0.15) is 0 Å². The van der Waals surface area contributed by atoms with Crippen molar-refractivity contribution >= 4 is 5.91 Å². The van der Waals surface area contributed by atoms with E-state index in [0.29, 0.717) is 12.2 Å². The summed E-state index contributed by atoms with van der Waals surface area (Å²) < 4.78 is 5.71. The van der Waals surface area contributed by atoms with E-state index in [4.69, 9.17) is 9.84 Å². The maximum absolute atomic E-state index is 12.0. The maximum Gasteiger partial charge on any atom is 0.261 e. The van der Waals surface area contributed by atoms with Crippen LogP contribution in [0.2, 0.25) is 0 Å². The smallest absolute Gasteiger partial charge is 0.261 e. The average molecular weight is 293 g/mol. The van der Waals surface area contributed by atoms with Crippen molar-refractivity contribution in [3.63, 3.8) is 0 Å². The first kappa shape index (κ1) is 17.5. The Morgan fingerprint density at radius 2 is 2.05 bits per heavy atom. The van der Waals surface area contributed by atoms with Gasteiger partial charge in [0.05, 0.1) is 12.6 Å². The number of ether oxygens (including phenoxy) is 1. The van der Waals surface area contributed by atoms with E-state index in [2.05, 4.69) is 32.2 Å². The number of amides is 1. The van der Waals surface area contributed by atoms with E-state index >= 15 is 0 Å². The molecule has 4 nitrogen and oxygen atoms in total. The molecule has 2 N–H and O–H groups in total. The molecule has 0 aromatic heterocycles. The lowest BCUT2D eigenvalue weighted by molar-refractivity contribution is -0.128. The summed E-state index contributed by atoms with van der Waals surface area (Å²) in [5, 5.41) is 11.9. The van der Waals surface area contributed by atoms with Crippen LogP contribution in [-0.4, -0.2) is 29.8 Å². The Balaban J connectivity index is 2.70. The summed E-state index contributed by atoms with van der Waals surface area (Å²) in [5.41, 5.74) is 1.20. The summed E-state index contributed by atoms with van der Waals surface area (Å²) in [6.07, 6.45) is 0.0925. The number of hydrogen-bond donors (Lipinski definition) is 2. The van der Waals surface area contributed by atoms with Crippen molar-refractivity contribution in [2.24, 2.45) is 0 Å². The topological polar surface area (TPSA) is 58.6 Å². The molecule has 2 unspecified atom stereocenters. The zero-order chi connectivity index (χ0) is 16.0. The van der Waals surface area contributed by atoms with E-state index in [0.717, 1.165) is 5.56 Å². The number of hydrogen-bond acceptors (Lipinski definition) is 3. The van der Waals surface area contributed by atoms with Gasteiger partial charge in [0, 0.05) is 0 Å². The molecular weight excluding hydrogens is 266 g/mol. The molecule has 1 aromatic rings. The number of aliphatic hydroxyl groups is 1. The van der Waals surface area contributed by atoms with Crippen LogP contribution in [0.1, 0.15) is 46.6 Å². The van der Waals surface area contributed by atoms with E-state index in [9.17, 15) is 4.79 Å². The second-order valence-electron chi connectivity index (χ2n) is 6.33. The summed E-state index contributed by atoms with van der Waals surface area (Å²) in [6.45, 7) is 9.97. The highest BCUT2D eigenvalue weighted by atomic mass is 16.5. The van der Waals surface area contributed by atoms with Crippen molar-refractivity contribution < 1.29 is 14.6 Å². The third kappa shape index (κ3) is 5.38. The quantitative estimate of drug-likeness (QED) is 0.847. The normalized spacial score (nSPS) is 14.4. The highest BCUT2D eigenvalue weighted by Gasteiger charge is 2.19. The number of carbonyl (C=O) groups excluding carboxylic acids is 1. The predicted octanol–water partition coefficient (Wildman–Crippen LogP) is 2.64. The van der Waals surface area contributed by atoms with E-state index in [1.807, 2.05) is 25.1 Å². The minimum atomic E-state index is -0.596. The van der Waals surface area contributed by atoms with E-state index in [1.165, 1.54) is 0 Å². The summed E-state index contributed by atoms with van der Waals surface area (Å²) in [6, 6.07) is 7.58. The number of aliphatic hydroxyl groups excluding tert-OH is 1. The molecule has 1 aromatic carbocycles. The molecule has 0 saturated heterocycles. The molecule has 1 amide bonds. The molecule has 0 radical (unpaired) electrons. The summed E-state index contributed by atoms with van der Waals surface area (Å²) in [4.78, 5) is 12.0. The number of carbonyl (C=O) groups is 1. The summed E-state index contributed by atoms with van der Waals surface area (Å²) in [5.74, 6) is 0.471. The Hall–Kier alpha value is -1.55. The molecule has 0 bridgehead atoms. The lowest BCUT2D eigenvalue weighted by Crippen LogP contribution is -2.43. The van der Waals surface area contributed by atoms with Crippen LogP contribution < -0.4 is 10.1 Å². The van der Waals surface area contributed by atoms with Crippen LogP contribution >= 0.6 is 0 Å². The molecule has 2 atom stereocenters. The molecule has 0 saturated carbocycles. The molecule has 0 aliphatic carbocycles. The molecule has 21 heavy (non-hydrogen) atoms. The zero-order valence-electron chi connectivity index (χ0n) is 13.6. The zero-order valence-corrected chi connectivity index (χ0v) is 13.6. The van der Waals surface area contributed by atoms with Gasteiger partial charge in [-0.05, 0) is 36.5 Å². The maximum atomic E-state index is 12.0.